The van der Waals surface area contributed by atoms with Crippen molar-refractivity contribution in [1.82, 2.24) is 19.7 Å². The molecule has 2 heterocycles. The van der Waals surface area contributed by atoms with Gasteiger partial charge in [-0.25, -0.2) is 4.98 Å². The van der Waals surface area contributed by atoms with E-state index in [9.17, 15) is 4.79 Å². The maximum absolute atomic E-state index is 12.6. The fraction of sp³-hybridized carbons (Fsp3) is 0.143. The number of aromatic amines is 1. The number of hydrogen-bond donors (Lipinski definition) is 2. The van der Waals surface area contributed by atoms with E-state index in [2.05, 4.69) is 20.5 Å². The van der Waals surface area contributed by atoms with Gasteiger partial charge in [0.25, 0.3) is 0 Å². The largest absolute Gasteiger partial charge is 0.300 e. The fourth-order valence-corrected chi connectivity index (χ4v) is 3.81. The smallest absolute Gasteiger partial charge is 0.246 e. The lowest BCUT2D eigenvalue weighted by Crippen LogP contribution is -2.19. The second-order valence-corrected chi connectivity index (χ2v) is 8.00. The first kappa shape index (κ1) is 19.2. The molecule has 2 aromatic carbocycles. The van der Waals surface area contributed by atoms with E-state index in [-0.39, 0.29) is 12.5 Å². The van der Waals surface area contributed by atoms with Gasteiger partial charge in [-0.1, -0.05) is 59.7 Å². The highest BCUT2D eigenvalue weighted by Gasteiger charge is 2.14. The lowest BCUT2D eigenvalue weighted by Gasteiger charge is -2.07. The van der Waals surface area contributed by atoms with Gasteiger partial charge in [0.05, 0.1) is 5.69 Å². The molecule has 29 heavy (non-hydrogen) atoms. The first-order valence-corrected chi connectivity index (χ1v) is 10.3. The predicted molar refractivity (Wildman–Crippen MR) is 119 cm³/mol. The average Bonchev–Trinajstić information content (AvgIpc) is 3.31. The molecule has 0 radical (unpaired) electrons. The molecule has 2 aromatic heterocycles. The molecule has 0 atom stereocenters. The number of aryl methyl sites for hydroxylation is 2. The van der Waals surface area contributed by atoms with Crippen molar-refractivity contribution in [2.75, 3.05) is 5.32 Å². The summed E-state index contributed by atoms with van der Waals surface area (Å²) >= 11 is 6.71. The normalized spacial score (nSPS) is 10.8. The van der Waals surface area contributed by atoms with E-state index in [0.717, 1.165) is 22.4 Å². The molecule has 0 bridgehead atoms. The molecule has 4 aromatic rings. The van der Waals surface area contributed by atoms with Crippen LogP contribution in [0.3, 0.4) is 0 Å². The quantitative estimate of drug-likeness (QED) is 0.445. The van der Waals surface area contributed by atoms with Gasteiger partial charge in [0.2, 0.25) is 5.91 Å². The minimum atomic E-state index is -0.208. The predicted octanol–water partition coefficient (Wildman–Crippen LogP) is 4.99. The van der Waals surface area contributed by atoms with E-state index in [1.807, 2.05) is 67.8 Å². The number of H-pyrrole nitrogens is 1. The minimum absolute atomic E-state index is 0.0536. The monoisotopic (exact) mass is 421 g/mol. The number of amides is 1. The molecular weight excluding hydrogens is 402 g/mol. The van der Waals surface area contributed by atoms with Crippen molar-refractivity contribution in [3.8, 4) is 22.6 Å². The summed E-state index contributed by atoms with van der Waals surface area (Å²) in [5, 5.41) is 12.4. The Hall–Kier alpha value is -3.10. The van der Waals surface area contributed by atoms with Crippen LogP contribution in [0, 0.1) is 18.6 Å². The van der Waals surface area contributed by atoms with Gasteiger partial charge in [-0.3, -0.25) is 14.5 Å². The Morgan fingerprint density at radius 2 is 1.69 bits per heavy atom. The average molecular weight is 422 g/mol. The van der Waals surface area contributed by atoms with Crippen molar-refractivity contribution in [1.29, 1.82) is 0 Å². The Morgan fingerprint density at radius 1 is 1.07 bits per heavy atom. The number of carbonyl (C=O) groups excluding carboxylic acids is 1. The fourth-order valence-electron chi connectivity index (χ4n) is 2.88. The molecule has 0 aliphatic rings. The van der Waals surface area contributed by atoms with Crippen LogP contribution in [0.25, 0.3) is 22.6 Å². The number of anilines is 1. The van der Waals surface area contributed by atoms with Gasteiger partial charge in [0.1, 0.15) is 6.54 Å². The third-order valence-electron chi connectivity index (χ3n) is 4.47. The summed E-state index contributed by atoms with van der Waals surface area (Å²) in [5.41, 5.74) is 5.10. The summed E-state index contributed by atoms with van der Waals surface area (Å²) in [6, 6.07) is 16.1. The van der Waals surface area contributed by atoms with Crippen LogP contribution in [0.15, 0.2) is 53.9 Å². The van der Waals surface area contributed by atoms with Crippen molar-refractivity contribution < 1.29 is 4.79 Å². The van der Waals surface area contributed by atoms with Gasteiger partial charge < -0.3 is 5.32 Å². The maximum Gasteiger partial charge on any atom is 0.246 e. The zero-order valence-electron chi connectivity index (χ0n) is 16.0. The Morgan fingerprint density at radius 3 is 2.34 bits per heavy atom. The number of hydrogen-bond acceptors (Lipinski definition) is 5. The molecule has 146 valence electrons. The molecule has 4 rings (SSSR count). The first-order chi connectivity index (χ1) is 14.0. The van der Waals surface area contributed by atoms with Gasteiger partial charge in [0.15, 0.2) is 15.7 Å². The molecule has 0 saturated heterocycles. The number of carbonyl (C=O) groups is 1. The first-order valence-electron chi connectivity index (χ1n) is 9.04. The summed E-state index contributed by atoms with van der Waals surface area (Å²) in [6.45, 7) is 4.12. The Balaban J connectivity index is 1.50. The van der Waals surface area contributed by atoms with E-state index < -0.39 is 0 Å². The molecule has 0 aliphatic carbocycles. The van der Waals surface area contributed by atoms with Crippen LogP contribution < -0.4 is 5.32 Å². The highest BCUT2D eigenvalue weighted by Crippen LogP contribution is 2.25. The standard InChI is InChI=1S/C21H19N5OS2/c1-13-3-7-15(8-4-13)17-12-29-20(22-17)23-18(27)11-26-19(24-25-21(26)28)16-9-5-14(2)6-10-16/h3-10,12H,11H2,1-2H3,(H,25,28)(H,22,23,27). The summed E-state index contributed by atoms with van der Waals surface area (Å²) in [7, 11) is 0. The number of aromatic nitrogens is 4. The van der Waals surface area contributed by atoms with E-state index in [4.69, 9.17) is 12.2 Å². The molecule has 1 amide bonds. The van der Waals surface area contributed by atoms with Crippen molar-refractivity contribution in [2.45, 2.75) is 20.4 Å². The van der Waals surface area contributed by atoms with E-state index in [1.54, 1.807) is 4.57 Å². The third-order valence-corrected chi connectivity index (χ3v) is 5.54. The molecule has 6 nitrogen and oxygen atoms in total. The van der Waals surface area contributed by atoms with E-state index >= 15 is 0 Å². The highest BCUT2D eigenvalue weighted by atomic mass is 32.1. The second kappa shape index (κ2) is 8.10. The SMILES string of the molecule is Cc1ccc(-c2csc(NC(=O)Cn3c(-c4ccc(C)cc4)n[nH]c3=S)n2)cc1. The molecular formula is C21H19N5OS2. The zero-order valence-corrected chi connectivity index (χ0v) is 17.6. The molecule has 0 aliphatic heterocycles. The Kier molecular flexibility index (Phi) is 5.37. The lowest BCUT2D eigenvalue weighted by molar-refractivity contribution is -0.116. The van der Waals surface area contributed by atoms with Gasteiger partial charge in [-0.15, -0.1) is 11.3 Å². The van der Waals surface area contributed by atoms with Gasteiger partial charge in [0, 0.05) is 16.5 Å². The number of nitrogens with zero attached hydrogens (tertiary/aromatic N) is 3. The van der Waals surface area contributed by atoms with E-state index in [0.29, 0.717) is 15.7 Å². The van der Waals surface area contributed by atoms with Crippen molar-refractivity contribution in [2.24, 2.45) is 0 Å². The number of thiazole rings is 1. The maximum atomic E-state index is 12.6. The molecule has 0 unspecified atom stereocenters. The van der Waals surface area contributed by atoms with Crippen molar-refractivity contribution >= 4 is 34.6 Å². The third kappa shape index (κ3) is 4.33. The summed E-state index contributed by atoms with van der Waals surface area (Å²) in [5.74, 6) is 0.422. The Bertz CT molecular complexity index is 1200. The minimum Gasteiger partial charge on any atom is -0.300 e. The van der Waals surface area contributed by atoms with Crippen LogP contribution in [0.4, 0.5) is 5.13 Å². The molecule has 0 spiro atoms. The van der Waals surface area contributed by atoms with Crippen LogP contribution in [0.1, 0.15) is 11.1 Å². The molecule has 0 saturated carbocycles. The molecule has 2 N–H and O–H groups in total. The summed E-state index contributed by atoms with van der Waals surface area (Å²) in [6.07, 6.45) is 0. The topological polar surface area (TPSA) is 75.6 Å². The summed E-state index contributed by atoms with van der Waals surface area (Å²) in [4.78, 5) is 17.1. The van der Waals surface area contributed by atoms with E-state index in [1.165, 1.54) is 16.9 Å². The van der Waals surface area contributed by atoms with Crippen LogP contribution in [-0.4, -0.2) is 25.7 Å². The van der Waals surface area contributed by atoms with Gasteiger partial charge in [-0.2, -0.15) is 5.10 Å². The number of nitrogens with one attached hydrogen (secondary N) is 2. The Labute approximate surface area is 177 Å². The number of benzene rings is 2. The van der Waals surface area contributed by atoms with Crippen molar-refractivity contribution in [3.63, 3.8) is 0 Å². The van der Waals surface area contributed by atoms with Crippen LogP contribution in [0.5, 0.6) is 0 Å². The van der Waals surface area contributed by atoms with Crippen LogP contribution >= 0.6 is 23.6 Å². The highest BCUT2D eigenvalue weighted by molar-refractivity contribution is 7.71. The van der Waals surface area contributed by atoms with Gasteiger partial charge >= 0.3 is 0 Å². The van der Waals surface area contributed by atoms with Crippen LogP contribution in [0.2, 0.25) is 0 Å². The molecule has 8 heteroatoms. The summed E-state index contributed by atoms with van der Waals surface area (Å²) < 4.78 is 2.08. The van der Waals surface area contributed by atoms with Crippen molar-refractivity contribution in [3.05, 3.63) is 69.8 Å². The number of rotatable bonds is 5. The lowest BCUT2D eigenvalue weighted by atomic mass is 10.1. The van der Waals surface area contributed by atoms with Gasteiger partial charge in [-0.05, 0) is 26.1 Å². The van der Waals surface area contributed by atoms with Crippen LogP contribution in [-0.2, 0) is 11.3 Å². The second-order valence-electron chi connectivity index (χ2n) is 6.76. The zero-order chi connectivity index (χ0) is 20.4. The molecule has 0 fully saturated rings.